The molecule has 1 N–H and O–H groups in total. The zero-order valence-corrected chi connectivity index (χ0v) is 14.3. The molecule has 2 aromatic carbocycles. The Kier molecular flexibility index (Phi) is 5.43. The Balaban J connectivity index is 1.65. The summed E-state index contributed by atoms with van der Waals surface area (Å²) < 4.78 is 7.13. The summed E-state index contributed by atoms with van der Waals surface area (Å²) in [4.78, 5) is 27.8. The largest absolute Gasteiger partial charge is 0.481 e. The maximum atomic E-state index is 12.3. The molecule has 0 radical (unpaired) electrons. The van der Waals surface area contributed by atoms with Gasteiger partial charge in [-0.2, -0.15) is 0 Å². The SMILES string of the molecule is C[C@H](Oc1ccccc1)C(=O)Nc1cccc(Cn2cccnc2=O)c1. The van der Waals surface area contributed by atoms with E-state index in [1.54, 1.807) is 37.4 Å². The Bertz CT molecular complexity index is 938. The van der Waals surface area contributed by atoms with Crippen LogP contribution in [0.2, 0.25) is 0 Å². The fraction of sp³-hybridized carbons (Fsp3) is 0.150. The Morgan fingerprint density at radius 2 is 1.96 bits per heavy atom. The van der Waals surface area contributed by atoms with Crippen molar-refractivity contribution in [3.63, 3.8) is 0 Å². The number of nitrogens with zero attached hydrogens (tertiary/aromatic N) is 2. The van der Waals surface area contributed by atoms with Crippen LogP contribution in [-0.2, 0) is 11.3 Å². The molecule has 0 saturated heterocycles. The van der Waals surface area contributed by atoms with Gasteiger partial charge in [0, 0.05) is 18.1 Å². The van der Waals surface area contributed by atoms with Gasteiger partial charge < -0.3 is 10.1 Å². The van der Waals surface area contributed by atoms with Crippen molar-refractivity contribution in [1.82, 2.24) is 9.55 Å². The number of carbonyl (C=O) groups is 1. The van der Waals surface area contributed by atoms with E-state index in [9.17, 15) is 9.59 Å². The number of hydrogen-bond acceptors (Lipinski definition) is 4. The van der Waals surface area contributed by atoms with Crippen molar-refractivity contribution in [2.24, 2.45) is 0 Å². The van der Waals surface area contributed by atoms with Gasteiger partial charge in [0.05, 0.1) is 6.54 Å². The summed E-state index contributed by atoms with van der Waals surface area (Å²) in [5, 5.41) is 2.84. The van der Waals surface area contributed by atoms with Gasteiger partial charge in [-0.25, -0.2) is 9.78 Å². The van der Waals surface area contributed by atoms with Crippen molar-refractivity contribution in [2.75, 3.05) is 5.32 Å². The molecule has 132 valence electrons. The van der Waals surface area contributed by atoms with Gasteiger partial charge in [0.2, 0.25) is 0 Å². The molecule has 6 nitrogen and oxygen atoms in total. The van der Waals surface area contributed by atoms with Crippen LogP contribution in [0.25, 0.3) is 0 Å². The summed E-state index contributed by atoms with van der Waals surface area (Å²) in [6, 6.07) is 18.2. The third kappa shape index (κ3) is 4.57. The molecule has 0 aliphatic carbocycles. The topological polar surface area (TPSA) is 73.2 Å². The second-order valence-electron chi connectivity index (χ2n) is 5.79. The Morgan fingerprint density at radius 1 is 1.15 bits per heavy atom. The van der Waals surface area contributed by atoms with Crippen LogP contribution in [0.4, 0.5) is 5.69 Å². The number of ether oxygens (including phenoxy) is 1. The minimum Gasteiger partial charge on any atom is -0.481 e. The fourth-order valence-electron chi connectivity index (χ4n) is 2.45. The molecule has 0 spiro atoms. The van der Waals surface area contributed by atoms with Gasteiger partial charge in [-0.15, -0.1) is 0 Å². The summed E-state index contributed by atoms with van der Waals surface area (Å²) >= 11 is 0. The molecule has 0 bridgehead atoms. The zero-order chi connectivity index (χ0) is 18.4. The lowest BCUT2D eigenvalue weighted by Crippen LogP contribution is -2.30. The van der Waals surface area contributed by atoms with Crippen LogP contribution in [0.15, 0.2) is 77.9 Å². The minimum atomic E-state index is -0.637. The summed E-state index contributed by atoms with van der Waals surface area (Å²) in [5.74, 6) is 0.393. The number of amides is 1. The van der Waals surface area contributed by atoms with Crippen molar-refractivity contribution >= 4 is 11.6 Å². The van der Waals surface area contributed by atoms with E-state index in [0.717, 1.165) is 5.56 Å². The van der Waals surface area contributed by atoms with Gasteiger partial charge in [0.25, 0.3) is 5.91 Å². The number of benzene rings is 2. The smallest absolute Gasteiger partial charge is 0.347 e. The molecule has 1 heterocycles. The van der Waals surface area contributed by atoms with Crippen molar-refractivity contribution in [3.05, 3.63) is 89.1 Å². The van der Waals surface area contributed by atoms with Crippen LogP contribution in [0.1, 0.15) is 12.5 Å². The van der Waals surface area contributed by atoms with E-state index in [4.69, 9.17) is 4.74 Å². The molecule has 26 heavy (non-hydrogen) atoms. The lowest BCUT2D eigenvalue weighted by atomic mass is 10.2. The highest BCUT2D eigenvalue weighted by Crippen LogP contribution is 2.14. The number of aromatic nitrogens is 2. The maximum Gasteiger partial charge on any atom is 0.347 e. The highest BCUT2D eigenvalue weighted by molar-refractivity contribution is 5.94. The van der Waals surface area contributed by atoms with Gasteiger partial charge in [0.1, 0.15) is 5.75 Å². The van der Waals surface area contributed by atoms with E-state index >= 15 is 0 Å². The zero-order valence-electron chi connectivity index (χ0n) is 14.3. The van der Waals surface area contributed by atoms with Crippen LogP contribution in [0.3, 0.4) is 0 Å². The van der Waals surface area contributed by atoms with Gasteiger partial charge >= 0.3 is 5.69 Å². The standard InChI is InChI=1S/C20H19N3O3/c1-15(26-18-9-3-2-4-10-18)19(24)22-17-8-5-7-16(13-17)14-23-12-6-11-21-20(23)25/h2-13,15H,14H2,1H3,(H,22,24)/t15-/m0/s1. The first kappa shape index (κ1) is 17.4. The molecule has 0 aliphatic rings. The molecule has 1 atom stereocenters. The van der Waals surface area contributed by atoms with E-state index in [0.29, 0.717) is 18.0 Å². The second kappa shape index (κ2) is 8.11. The van der Waals surface area contributed by atoms with E-state index < -0.39 is 6.10 Å². The first-order chi connectivity index (χ1) is 12.6. The normalized spacial score (nSPS) is 11.6. The molecule has 0 saturated carbocycles. The second-order valence-corrected chi connectivity index (χ2v) is 5.79. The summed E-state index contributed by atoms with van der Waals surface area (Å²) in [6.45, 7) is 2.08. The number of hydrogen-bond donors (Lipinski definition) is 1. The molecule has 1 aromatic heterocycles. The van der Waals surface area contributed by atoms with Gasteiger partial charge in [0.15, 0.2) is 6.10 Å². The third-order valence-electron chi connectivity index (χ3n) is 3.76. The molecule has 3 aromatic rings. The molecular formula is C20H19N3O3. The number of anilines is 1. The monoisotopic (exact) mass is 349 g/mol. The number of nitrogens with one attached hydrogen (secondary N) is 1. The summed E-state index contributed by atoms with van der Waals surface area (Å²) in [6.07, 6.45) is 2.50. The Hall–Kier alpha value is -3.41. The summed E-state index contributed by atoms with van der Waals surface area (Å²) in [7, 11) is 0. The molecule has 0 unspecified atom stereocenters. The molecule has 0 fully saturated rings. The fourth-order valence-corrected chi connectivity index (χ4v) is 2.45. The first-order valence-electron chi connectivity index (χ1n) is 8.25. The van der Waals surface area contributed by atoms with Crippen molar-refractivity contribution < 1.29 is 9.53 Å². The lowest BCUT2D eigenvalue weighted by molar-refractivity contribution is -0.122. The van der Waals surface area contributed by atoms with E-state index in [1.165, 1.54) is 10.8 Å². The van der Waals surface area contributed by atoms with Crippen LogP contribution < -0.4 is 15.7 Å². The average molecular weight is 349 g/mol. The Labute approximate surface area is 151 Å². The predicted molar refractivity (Wildman–Crippen MR) is 99.2 cm³/mol. The van der Waals surface area contributed by atoms with Crippen molar-refractivity contribution in [2.45, 2.75) is 19.6 Å². The van der Waals surface area contributed by atoms with Gasteiger partial charge in [-0.05, 0) is 42.8 Å². The highest BCUT2D eigenvalue weighted by atomic mass is 16.5. The Morgan fingerprint density at radius 3 is 2.73 bits per heavy atom. The molecule has 6 heteroatoms. The quantitative estimate of drug-likeness (QED) is 0.743. The van der Waals surface area contributed by atoms with Crippen LogP contribution >= 0.6 is 0 Å². The van der Waals surface area contributed by atoms with Crippen LogP contribution in [0, 0.1) is 0 Å². The van der Waals surface area contributed by atoms with Crippen molar-refractivity contribution in [3.8, 4) is 5.75 Å². The lowest BCUT2D eigenvalue weighted by Gasteiger charge is -2.15. The third-order valence-corrected chi connectivity index (χ3v) is 3.76. The summed E-state index contributed by atoms with van der Waals surface area (Å²) in [5.41, 5.74) is 1.22. The number of para-hydroxylation sites is 1. The van der Waals surface area contributed by atoms with E-state index in [-0.39, 0.29) is 11.6 Å². The van der Waals surface area contributed by atoms with Gasteiger partial charge in [-0.1, -0.05) is 30.3 Å². The predicted octanol–water partition coefficient (Wildman–Crippen LogP) is 2.70. The number of carbonyl (C=O) groups excluding carboxylic acids is 1. The van der Waals surface area contributed by atoms with Crippen LogP contribution in [-0.4, -0.2) is 21.6 Å². The van der Waals surface area contributed by atoms with E-state index in [1.807, 2.05) is 36.4 Å². The van der Waals surface area contributed by atoms with E-state index in [2.05, 4.69) is 10.3 Å². The van der Waals surface area contributed by atoms with Crippen LogP contribution in [0.5, 0.6) is 5.75 Å². The van der Waals surface area contributed by atoms with Gasteiger partial charge in [-0.3, -0.25) is 9.36 Å². The molecule has 1 amide bonds. The highest BCUT2D eigenvalue weighted by Gasteiger charge is 2.15. The molecule has 0 aliphatic heterocycles. The van der Waals surface area contributed by atoms with Crippen molar-refractivity contribution in [1.29, 1.82) is 0 Å². The maximum absolute atomic E-state index is 12.3. The molecular weight excluding hydrogens is 330 g/mol. The first-order valence-corrected chi connectivity index (χ1v) is 8.25. The minimum absolute atomic E-state index is 0.246. The average Bonchev–Trinajstić information content (AvgIpc) is 2.65. The number of rotatable bonds is 6. The molecule has 3 rings (SSSR count).